The summed E-state index contributed by atoms with van der Waals surface area (Å²) in [6.07, 6.45) is 3.58. The standard InChI is InChI=1S/C11H8BFN2O/c12-8-5-7-10(6-9(8)13)16-4-3-15-2-1-14-11(7)15/h1-2,5-6H,3-4H2. The number of fused-ring (bicyclic) bond motifs is 3. The second-order valence-corrected chi connectivity index (χ2v) is 3.66. The lowest BCUT2D eigenvalue weighted by Gasteiger charge is -2.08. The Kier molecular flexibility index (Phi) is 1.99. The Balaban J connectivity index is 2.27. The highest BCUT2D eigenvalue weighted by molar-refractivity contribution is 6.32. The molecule has 5 heteroatoms. The number of ether oxygens (including phenoxy) is 1. The fourth-order valence-electron chi connectivity index (χ4n) is 1.85. The summed E-state index contributed by atoms with van der Waals surface area (Å²) < 4.78 is 20.7. The maximum atomic E-state index is 13.3. The first-order chi connectivity index (χ1) is 7.75. The average molecular weight is 214 g/mol. The Morgan fingerprint density at radius 2 is 2.31 bits per heavy atom. The van der Waals surface area contributed by atoms with Crippen LogP contribution in [0.4, 0.5) is 4.39 Å². The van der Waals surface area contributed by atoms with Crippen molar-refractivity contribution in [1.29, 1.82) is 0 Å². The van der Waals surface area contributed by atoms with Gasteiger partial charge in [-0.25, -0.2) is 9.37 Å². The molecule has 0 atom stereocenters. The summed E-state index contributed by atoms with van der Waals surface area (Å²) in [5.41, 5.74) is 0.847. The van der Waals surface area contributed by atoms with E-state index in [0.717, 1.165) is 11.4 Å². The predicted octanol–water partition coefficient (Wildman–Crippen LogP) is 0.875. The quantitative estimate of drug-likeness (QED) is 0.608. The minimum Gasteiger partial charge on any atom is -0.491 e. The molecule has 0 spiro atoms. The summed E-state index contributed by atoms with van der Waals surface area (Å²) in [4.78, 5) is 4.23. The Morgan fingerprint density at radius 3 is 3.19 bits per heavy atom. The third-order valence-corrected chi connectivity index (χ3v) is 2.65. The van der Waals surface area contributed by atoms with Crippen molar-refractivity contribution in [3.05, 3.63) is 30.3 Å². The maximum Gasteiger partial charge on any atom is 0.143 e. The number of hydrogen-bond donors (Lipinski definition) is 0. The third kappa shape index (κ3) is 1.32. The van der Waals surface area contributed by atoms with Gasteiger partial charge < -0.3 is 9.30 Å². The number of hydrogen-bond acceptors (Lipinski definition) is 2. The lowest BCUT2D eigenvalue weighted by molar-refractivity contribution is 0.305. The van der Waals surface area contributed by atoms with Gasteiger partial charge in [-0.3, -0.25) is 0 Å². The van der Waals surface area contributed by atoms with Crippen molar-refractivity contribution in [3.63, 3.8) is 0 Å². The summed E-state index contributed by atoms with van der Waals surface area (Å²) in [6.45, 7) is 1.20. The molecular formula is C11H8BFN2O. The topological polar surface area (TPSA) is 27.1 Å². The lowest BCUT2D eigenvalue weighted by atomic mass is 9.93. The van der Waals surface area contributed by atoms with Crippen LogP contribution in [-0.2, 0) is 6.54 Å². The minimum absolute atomic E-state index is 0.110. The van der Waals surface area contributed by atoms with Gasteiger partial charge in [-0.2, -0.15) is 0 Å². The lowest BCUT2D eigenvalue weighted by Crippen LogP contribution is -2.09. The van der Waals surface area contributed by atoms with Crippen molar-refractivity contribution >= 4 is 13.3 Å². The molecule has 78 valence electrons. The van der Waals surface area contributed by atoms with Crippen LogP contribution in [0.2, 0.25) is 0 Å². The minimum atomic E-state index is -0.459. The summed E-state index contributed by atoms with van der Waals surface area (Å²) in [6, 6.07) is 2.88. The van der Waals surface area contributed by atoms with Gasteiger partial charge >= 0.3 is 0 Å². The van der Waals surface area contributed by atoms with Crippen molar-refractivity contribution in [1.82, 2.24) is 9.55 Å². The van der Waals surface area contributed by atoms with E-state index in [0.29, 0.717) is 18.9 Å². The summed E-state index contributed by atoms with van der Waals surface area (Å²) in [5, 5.41) is 0. The molecule has 1 aliphatic heterocycles. The van der Waals surface area contributed by atoms with E-state index in [1.165, 1.54) is 6.07 Å². The highest BCUT2D eigenvalue weighted by Gasteiger charge is 2.17. The normalized spacial score (nSPS) is 13.6. The highest BCUT2D eigenvalue weighted by Crippen LogP contribution is 2.30. The molecule has 1 aromatic carbocycles. The van der Waals surface area contributed by atoms with Crippen LogP contribution in [0.5, 0.6) is 5.75 Å². The molecular weight excluding hydrogens is 206 g/mol. The van der Waals surface area contributed by atoms with Crippen molar-refractivity contribution < 1.29 is 9.13 Å². The number of rotatable bonds is 0. The van der Waals surface area contributed by atoms with E-state index < -0.39 is 5.82 Å². The van der Waals surface area contributed by atoms with E-state index in [1.807, 2.05) is 10.8 Å². The molecule has 16 heavy (non-hydrogen) atoms. The molecule has 3 rings (SSSR count). The second-order valence-electron chi connectivity index (χ2n) is 3.66. The average Bonchev–Trinajstić information content (AvgIpc) is 2.65. The fourth-order valence-corrected chi connectivity index (χ4v) is 1.85. The molecule has 1 aliphatic rings. The zero-order chi connectivity index (χ0) is 11.1. The molecule has 2 heterocycles. The van der Waals surface area contributed by atoms with Gasteiger partial charge in [0.1, 0.15) is 31.8 Å². The van der Waals surface area contributed by atoms with Crippen LogP contribution < -0.4 is 10.2 Å². The van der Waals surface area contributed by atoms with Gasteiger partial charge in [-0.05, 0) is 0 Å². The molecule has 1 aromatic heterocycles. The van der Waals surface area contributed by atoms with Crippen molar-refractivity contribution in [2.75, 3.05) is 6.61 Å². The largest absolute Gasteiger partial charge is 0.491 e. The smallest absolute Gasteiger partial charge is 0.143 e. The van der Waals surface area contributed by atoms with Crippen LogP contribution in [0.3, 0.4) is 0 Å². The van der Waals surface area contributed by atoms with E-state index in [-0.39, 0.29) is 5.46 Å². The molecule has 2 radical (unpaired) electrons. The third-order valence-electron chi connectivity index (χ3n) is 2.65. The van der Waals surface area contributed by atoms with E-state index in [1.54, 1.807) is 12.3 Å². The van der Waals surface area contributed by atoms with Gasteiger partial charge in [0, 0.05) is 18.5 Å². The molecule has 0 unspecified atom stereocenters. The number of imidazole rings is 1. The van der Waals surface area contributed by atoms with Crippen LogP contribution >= 0.6 is 0 Å². The Hall–Kier alpha value is -1.78. The first kappa shape index (κ1) is 9.45. The zero-order valence-electron chi connectivity index (χ0n) is 8.48. The Morgan fingerprint density at radius 1 is 1.44 bits per heavy atom. The van der Waals surface area contributed by atoms with Gasteiger partial charge in [0.15, 0.2) is 0 Å². The van der Waals surface area contributed by atoms with E-state index in [4.69, 9.17) is 12.6 Å². The van der Waals surface area contributed by atoms with Crippen molar-refractivity contribution in [2.24, 2.45) is 0 Å². The van der Waals surface area contributed by atoms with Crippen molar-refractivity contribution in [2.45, 2.75) is 6.54 Å². The molecule has 0 aliphatic carbocycles. The van der Waals surface area contributed by atoms with Gasteiger partial charge in [-0.1, -0.05) is 11.5 Å². The van der Waals surface area contributed by atoms with E-state index in [9.17, 15) is 4.39 Å². The zero-order valence-corrected chi connectivity index (χ0v) is 8.48. The van der Waals surface area contributed by atoms with Gasteiger partial charge in [-0.15, -0.1) is 0 Å². The maximum absolute atomic E-state index is 13.3. The van der Waals surface area contributed by atoms with Crippen LogP contribution in [0.1, 0.15) is 0 Å². The molecule has 2 aromatic rings. The number of aromatic nitrogens is 2. The second kappa shape index (κ2) is 3.37. The van der Waals surface area contributed by atoms with Crippen LogP contribution in [0.15, 0.2) is 24.5 Å². The SMILES string of the molecule is [B]c1cc2c(cc1F)OCCn1ccnc1-2. The van der Waals surface area contributed by atoms with Gasteiger partial charge in [0.05, 0.1) is 12.1 Å². The monoisotopic (exact) mass is 214 g/mol. The van der Waals surface area contributed by atoms with Gasteiger partial charge in [0.25, 0.3) is 0 Å². The van der Waals surface area contributed by atoms with Crippen LogP contribution in [0, 0.1) is 5.82 Å². The first-order valence-corrected chi connectivity index (χ1v) is 4.99. The molecule has 0 bridgehead atoms. The van der Waals surface area contributed by atoms with E-state index >= 15 is 0 Å². The molecule has 3 nitrogen and oxygen atoms in total. The van der Waals surface area contributed by atoms with Gasteiger partial charge in [0.2, 0.25) is 0 Å². The number of benzene rings is 1. The van der Waals surface area contributed by atoms with E-state index in [2.05, 4.69) is 4.98 Å². The number of nitrogens with zero attached hydrogens (tertiary/aromatic N) is 2. The van der Waals surface area contributed by atoms with Crippen LogP contribution in [0.25, 0.3) is 11.4 Å². The summed E-state index contributed by atoms with van der Waals surface area (Å²) in [7, 11) is 5.55. The fraction of sp³-hybridized carbons (Fsp3) is 0.182. The summed E-state index contributed by atoms with van der Waals surface area (Å²) in [5.74, 6) is 0.801. The summed E-state index contributed by atoms with van der Waals surface area (Å²) >= 11 is 0. The Labute approximate surface area is 93.3 Å². The Bertz CT molecular complexity index is 553. The van der Waals surface area contributed by atoms with Crippen LogP contribution in [-0.4, -0.2) is 24.0 Å². The first-order valence-electron chi connectivity index (χ1n) is 4.99. The highest BCUT2D eigenvalue weighted by atomic mass is 19.1. The molecule has 0 fully saturated rings. The predicted molar refractivity (Wildman–Crippen MR) is 58.5 cm³/mol. The van der Waals surface area contributed by atoms with Crippen molar-refractivity contribution in [3.8, 4) is 17.1 Å². The molecule has 0 N–H and O–H groups in total. The number of halogens is 1. The molecule has 0 amide bonds. The molecule has 0 saturated heterocycles. The molecule has 0 saturated carbocycles.